The highest BCUT2D eigenvalue weighted by molar-refractivity contribution is 5.71. The van der Waals surface area contributed by atoms with E-state index >= 15 is 0 Å². The molecule has 6 nitrogen and oxygen atoms in total. The Morgan fingerprint density at radius 1 is 0.328 bits per heavy atom. The summed E-state index contributed by atoms with van der Waals surface area (Å²) in [4.78, 5) is 37.9. The third kappa shape index (κ3) is 45.5. The first-order valence-corrected chi connectivity index (χ1v) is 25.7. The van der Waals surface area contributed by atoms with E-state index in [4.69, 9.17) is 14.2 Å². The molecule has 344 valence electrons. The zero-order valence-electron chi connectivity index (χ0n) is 39.7. The van der Waals surface area contributed by atoms with Crippen LogP contribution in [0.5, 0.6) is 0 Å². The fourth-order valence-electron chi connectivity index (χ4n) is 7.81. The van der Waals surface area contributed by atoms with Crippen molar-refractivity contribution in [3.8, 4) is 0 Å². The number of esters is 3. The number of rotatable bonds is 46. The number of ether oxygens (including phenoxy) is 3. The monoisotopic (exact) mass is 821 g/mol. The normalized spacial score (nSPS) is 12.1. The zero-order chi connectivity index (χ0) is 42.6. The van der Waals surface area contributed by atoms with Crippen molar-refractivity contribution in [3.05, 3.63) is 0 Å². The van der Waals surface area contributed by atoms with Gasteiger partial charge >= 0.3 is 17.9 Å². The second-order valence-electron chi connectivity index (χ2n) is 18.8. The van der Waals surface area contributed by atoms with Gasteiger partial charge in [-0.2, -0.15) is 0 Å². The van der Waals surface area contributed by atoms with Gasteiger partial charge in [-0.3, -0.25) is 14.4 Å². The number of carbonyl (C=O) groups excluding carboxylic acids is 3. The summed E-state index contributed by atoms with van der Waals surface area (Å²) in [6.07, 6.45) is 45.1. The molecule has 0 aromatic heterocycles. The van der Waals surface area contributed by atoms with Gasteiger partial charge in [-0.05, 0) is 31.1 Å². The fourth-order valence-corrected chi connectivity index (χ4v) is 7.81. The standard InChI is InChI=1S/C52H100O6/c1-6-7-8-9-10-11-15-22-27-32-37-42-50(53)56-45-49(46-57-51(54)43-38-33-28-23-19-18-21-26-31-36-41-48(4)5)58-52(55)44-39-34-29-24-17-14-12-13-16-20-25-30-35-40-47(2)3/h47-49H,6-46H2,1-5H3/t49-/m0/s1. The van der Waals surface area contributed by atoms with Gasteiger partial charge in [0.15, 0.2) is 6.10 Å². The topological polar surface area (TPSA) is 78.9 Å². The lowest BCUT2D eigenvalue weighted by molar-refractivity contribution is -0.167. The van der Waals surface area contributed by atoms with E-state index in [1.54, 1.807) is 0 Å². The Balaban J connectivity index is 4.31. The molecule has 0 saturated heterocycles. The van der Waals surface area contributed by atoms with Crippen LogP contribution in [0.2, 0.25) is 0 Å². The summed E-state index contributed by atoms with van der Waals surface area (Å²) >= 11 is 0. The molecule has 0 unspecified atom stereocenters. The van der Waals surface area contributed by atoms with Crippen molar-refractivity contribution in [3.63, 3.8) is 0 Å². The molecule has 0 N–H and O–H groups in total. The van der Waals surface area contributed by atoms with E-state index in [1.807, 2.05) is 0 Å². The maximum absolute atomic E-state index is 12.8. The summed E-state index contributed by atoms with van der Waals surface area (Å²) < 4.78 is 16.8. The molecule has 0 aromatic carbocycles. The maximum atomic E-state index is 12.8. The second-order valence-corrected chi connectivity index (χ2v) is 18.8. The zero-order valence-corrected chi connectivity index (χ0v) is 39.7. The average molecular weight is 821 g/mol. The van der Waals surface area contributed by atoms with Crippen LogP contribution in [0.1, 0.15) is 285 Å². The van der Waals surface area contributed by atoms with Crippen molar-refractivity contribution >= 4 is 17.9 Å². The number of unbranched alkanes of at least 4 members (excludes halogenated alkanes) is 31. The molecular weight excluding hydrogens is 721 g/mol. The van der Waals surface area contributed by atoms with Crippen molar-refractivity contribution in [2.75, 3.05) is 13.2 Å². The van der Waals surface area contributed by atoms with E-state index < -0.39 is 6.10 Å². The van der Waals surface area contributed by atoms with Crippen LogP contribution in [-0.2, 0) is 28.6 Å². The smallest absolute Gasteiger partial charge is 0.306 e. The summed E-state index contributed by atoms with van der Waals surface area (Å²) in [5.41, 5.74) is 0. The van der Waals surface area contributed by atoms with E-state index in [0.717, 1.165) is 69.6 Å². The quantitative estimate of drug-likeness (QED) is 0.0346. The minimum atomic E-state index is -0.761. The van der Waals surface area contributed by atoms with Crippen molar-refractivity contribution in [2.45, 2.75) is 291 Å². The summed E-state index contributed by atoms with van der Waals surface area (Å²) in [6, 6.07) is 0. The van der Waals surface area contributed by atoms with Crippen molar-refractivity contribution in [2.24, 2.45) is 11.8 Å². The molecule has 0 amide bonds. The average Bonchev–Trinajstić information content (AvgIpc) is 3.19. The van der Waals surface area contributed by atoms with Gasteiger partial charge in [0, 0.05) is 19.3 Å². The lowest BCUT2D eigenvalue weighted by Crippen LogP contribution is -2.30. The van der Waals surface area contributed by atoms with Gasteiger partial charge in [0.1, 0.15) is 13.2 Å². The molecular formula is C52H100O6. The third-order valence-electron chi connectivity index (χ3n) is 11.7. The van der Waals surface area contributed by atoms with Gasteiger partial charge in [0.25, 0.3) is 0 Å². The first-order valence-electron chi connectivity index (χ1n) is 25.7. The van der Waals surface area contributed by atoms with Crippen molar-refractivity contribution in [1.82, 2.24) is 0 Å². The molecule has 0 aromatic rings. The molecule has 0 heterocycles. The SMILES string of the molecule is CCCCCCCCCCCCCC(=O)OC[C@@H](COC(=O)CCCCCCCCCCCCC(C)C)OC(=O)CCCCCCCCCCCCCCCC(C)C. The van der Waals surface area contributed by atoms with Gasteiger partial charge in [-0.15, -0.1) is 0 Å². The fraction of sp³-hybridized carbons (Fsp3) is 0.942. The first-order chi connectivity index (χ1) is 28.2. The molecule has 1 atom stereocenters. The molecule has 0 spiro atoms. The summed E-state index contributed by atoms with van der Waals surface area (Å²) in [6.45, 7) is 11.4. The van der Waals surface area contributed by atoms with Crippen LogP contribution in [0.4, 0.5) is 0 Å². The summed E-state index contributed by atoms with van der Waals surface area (Å²) in [5, 5.41) is 0. The van der Waals surface area contributed by atoms with Crippen LogP contribution in [0.15, 0.2) is 0 Å². The van der Waals surface area contributed by atoms with Gasteiger partial charge in [0.2, 0.25) is 0 Å². The number of hydrogen-bond acceptors (Lipinski definition) is 6. The predicted octanol–water partition coefficient (Wildman–Crippen LogP) is 16.5. The van der Waals surface area contributed by atoms with Gasteiger partial charge in [-0.25, -0.2) is 0 Å². The molecule has 0 bridgehead atoms. The molecule has 0 aliphatic heterocycles. The van der Waals surface area contributed by atoms with E-state index in [2.05, 4.69) is 34.6 Å². The molecule has 0 rings (SSSR count). The Bertz CT molecular complexity index is 885. The Labute approximate surface area is 361 Å². The highest BCUT2D eigenvalue weighted by Gasteiger charge is 2.19. The molecule has 58 heavy (non-hydrogen) atoms. The van der Waals surface area contributed by atoms with Gasteiger partial charge < -0.3 is 14.2 Å². The van der Waals surface area contributed by atoms with Crippen LogP contribution in [0, 0.1) is 11.8 Å². The number of hydrogen-bond donors (Lipinski definition) is 0. The van der Waals surface area contributed by atoms with Gasteiger partial charge in [-0.1, -0.05) is 247 Å². The van der Waals surface area contributed by atoms with Crippen LogP contribution in [0.25, 0.3) is 0 Å². The van der Waals surface area contributed by atoms with E-state index in [1.165, 1.54) is 173 Å². The lowest BCUT2D eigenvalue weighted by Gasteiger charge is -2.18. The molecule has 0 aliphatic carbocycles. The van der Waals surface area contributed by atoms with Crippen molar-refractivity contribution in [1.29, 1.82) is 0 Å². The minimum Gasteiger partial charge on any atom is -0.462 e. The maximum Gasteiger partial charge on any atom is 0.306 e. The Morgan fingerprint density at radius 2 is 0.569 bits per heavy atom. The van der Waals surface area contributed by atoms with Crippen LogP contribution >= 0.6 is 0 Å². The minimum absolute atomic E-state index is 0.0637. The second kappa shape index (κ2) is 44.9. The van der Waals surface area contributed by atoms with E-state index in [0.29, 0.717) is 19.3 Å². The highest BCUT2D eigenvalue weighted by Crippen LogP contribution is 2.17. The summed E-state index contributed by atoms with van der Waals surface area (Å²) in [5.74, 6) is 0.808. The largest absolute Gasteiger partial charge is 0.462 e. The Hall–Kier alpha value is -1.59. The first kappa shape index (κ1) is 56.4. The van der Waals surface area contributed by atoms with Crippen molar-refractivity contribution < 1.29 is 28.6 Å². The van der Waals surface area contributed by atoms with Gasteiger partial charge in [0.05, 0.1) is 0 Å². The molecule has 0 aliphatic rings. The van der Waals surface area contributed by atoms with Crippen LogP contribution in [-0.4, -0.2) is 37.2 Å². The summed E-state index contributed by atoms with van der Waals surface area (Å²) in [7, 11) is 0. The van der Waals surface area contributed by atoms with Crippen LogP contribution in [0.3, 0.4) is 0 Å². The Kier molecular flexibility index (Phi) is 43.7. The third-order valence-corrected chi connectivity index (χ3v) is 11.7. The molecule has 0 fully saturated rings. The van der Waals surface area contributed by atoms with E-state index in [9.17, 15) is 14.4 Å². The predicted molar refractivity (Wildman–Crippen MR) is 247 cm³/mol. The highest BCUT2D eigenvalue weighted by atomic mass is 16.6. The molecule has 0 saturated carbocycles. The lowest BCUT2D eigenvalue weighted by atomic mass is 10.0. The number of carbonyl (C=O) groups is 3. The molecule has 0 radical (unpaired) electrons. The molecule has 6 heteroatoms. The Morgan fingerprint density at radius 3 is 0.845 bits per heavy atom. The van der Waals surface area contributed by atoms with Crippen LogP contribution < -0.4 is 0 Å². The van der Waals surface area contributed by atoms with E-state index in [-0.39, 0.29) is 31.1 Å².